The molecule has 7 aromatic carbocycles. The minimum Gasteiger partial charge on any atom is -0.508 e. The fourth-order valence-corrected chi connectivity index (χ4v) is 6.97. The average molecular weight is 577 g/mol. The molecule has 9 aromatic rings. The summed E-state index contributed by atoms with van der Waals surface area (Å²) in [7, 11) is 0. The molecule has 0 amide bonds. The number of phenolic OH excluding ortho intramolecular Hbond substituents is 1. The van der Waals surface area contributed by atoms with E-state index in [9.17, 15) is 5.11 Å². The van der Waals surface area contributed by atoms with Crippen molar-refractivity contribution in [3.8, 4) is 39.4 Å². The van der Waals surface area contributed by atoms with Crippen LogP contribution in [0.15, 0.2) is 164 Å². The molecule has 0 bridgehead atoms. The summed E-state index contributed by atoms with van der Waals surface area (Å²) in [6.45, 7) is 0. The van der Waals surface area contributed by atoms with Gasteiger partial charge in [-0.2, -0.15) is 0 Å². The zero-order valence-electron chi connectivity index (χ0n) is 24.4. The summed E-state index contributed by atoms with van der Waals surface area (Å²) >= 11 is 0. The number of hydrogen-bond donors (Lipinski definition) is 1. The first-order valence-corrected chi connectivity index (χ1v) is 15.3. The number of aromatic hydroxyl groups is 1. The molecule has 3 heteroatoms. The smallest absolute Gasteiger partial charge is 0.115 e. The van der Waals surface area contributed by atoms with Crippen LogP contribution in [0, 0.1) is 0 Å². The summed E-state index contributed by atoms with van der Waals surface area (Å²) in [4.78, 5) is 0. The quantitative estimate of drug-likeness (QED) is 0.222. The summed E-state index contributed by atoms with van der Waals surface area (Å²) in [5.74, 6) is 0.261. The maximum Gasteiger partial charge on any atom is 0.115 e. The molecule has 2 aromatic heterocycles. The lowest BCUT2D eigenvalue weighted by Crippen LogP contribution is -1.99. The lowest BCUT2D eigenvalue weighted by molar-refractivity contribution is 0.475. The van der Waals surface area contributed by atoms with Gasteiger partial charge in [-0.25, -0.2) is 0 Å². The third kappa shape index (κ3) is 3.98. The van der Waals surface area contributed by atoms with Crippen molar-refractivity contribution in [2.24, 2.45) is 0 Å². The maximum absolute atomic E-state index is 10.1. The highest BCUT2D eigenvalue weighted by Crippen LogP contribution is 2.42. The Kier molecular flexibility index (Phi) is 5.66. The Labute approximate surface area is 260 Å². The Bertz CT molecular complexity index is 2520. The van der Waals surface area contributed by atoms with E-state index in [1.807, 2.05) is 12.1 Å². The lowest BCUT2D eigenvalue weighted by Gasteiger charge is -2.15. The van der Waals surface area contributed by atoms with Gasteiger partial charge in [-0.3, -0.25) is 0 Å². The van der Waals surface area contributed by atoms with Gasteiger partial charge in [0.1, 0.15) is 5.75 Å². The Morgan fingerprint density at radius 3 is 1.38 bits per heavy atom. The topological polar surface area (TPSA) is 30.1 Å². The van der Waals surface area contributed by atoms with E-state index in [1.54, 1.807) is 12.1 Å². The van der Waals surface area contributed by atoms with Gasteiger partial charge in [0, 0.05) is 32.9 Å². The van der Waals surface area contributed by atoms with Crippen LogP contribution < -0.4 is 0 Å². The molecule has 0 unspecified atom stereocenters. The first-order chi connectivity index (χ1) is 22.2. The molecule has 0 spiro atoms. The second-order valence-electron chi connectivity index (χ2n) is 11.6. The van der Waals surface area contributed by atoms with Gasteiger partial charge in [-0.05, 0) is 76.9 Å². The predicted octanol–water partition coefficient (Wildman–Crippen LogP) is 10.9. The Balaban J connectivity index is 1.47. The van der Waals surface area contributed by atoms with Gasteiger partial charge in [0.05, 0.1) is 22.1 Å². The molecule has 0 saturated heterocycles. The van der Waals surface area contributed by atoms with Gasteiger partial charge in [-0.1, -0.05) is 109 Å². The van der Waals surface area contributed by atoms with Crippen molar-refractivity contribution in [1.82, 2.24) is 9.13 Å². The second-order valence-corrected chi connectivity index (χ2v) is 11.6. The SMILES string of the molecule is Oc1ccc(-c2cc(-c3ccccc3)cc(-n3c4ccccc4c4ccc5c6ccccc6n(-c6ccccc6)c5c43)c2)cc1. The summed E-state index contributed by atoms with van der Waals surface area (Å²) < 4.78 is 4.87. The van der Waals surface area contributed by atoms with Crippen LogP contribution >= 0.6 is 0 Å². The number of benzene rings is 7. The molecular formula is C42H28N2O. The van der Waals surface area contributed by atoms with Crippen molar-refractivity contribution >= 4 is 43.6 Å². The second kappa shape index (κ2) is 10.0. The van der Waals surface area contributed by atoms with Crippen LogP contribution in [-0.4, -0.2) is 14.2 Å². The van der Waals surface area contributed by atoms with E-state index in [0.29, 0.717) is 0 Å². The lowest BCUT2D eigenvalue weighted by atomic mass is 9.97. The van der Waals surface area contributed by atoms with E-state index in [2.05, 4.69) is 149 Å². The van der Waals surface area contributed by atoms with Gasteiger partial charge >= 0.3 is 0 Å². The van der Waals surface area contributed by atoms with Gasteiger partial charge in [0.25, 0.3) is 0 Å². The molecule has 0 atom stereocenters. The number of fused-ring (bicyclic) bond motifs is 7. The molecule has 0 aliphatic heterocycles. The number of aromatic nitrogens is 2. The number of hydrogen-bond acceptors (Lipinski definition) is 1. The summed E-state index contributed by atoms with van der Waals surface area (Å²) in [6, 6.07) is 57.6. The zero-order chi connectivity index (χ0) is 29.9. The van der Waals surface area contributed by atoms with Crippen LogP contribution in [0.1, 0.15) is 0 Å². The zero-order valence-corrected chi connectivity index (χ0v) is 24.4. The highest BCUT2D eigenvalue weighted by atomic mass is 16.3. The van der Waals surface area contributed by atoms with E-state index in [4.69, 9.17) is 0 Å². The van der Waals surface area contributed by atoms with Crippen LogP contribution in [0.5, 0.6) is 5.75 Å². The van der Waals surface area contributed by atoms with Crippen LogP contribution in [0.2, 0.25) is 0 Å². The van der Waals surface area contributed by atoms with E-state index in [-0.39, 0.29) is 5.75 Å². The number of rotatable bonds is 4. The summed E-state index contributed by atoms with van der Waals surface area (Å²) in [6.07, 6.45) is 0. The first-order valence-electron chi connectivity index (χ1n) is 15.3. The predicted molar refractivity (Wildman–Crippen MR) is 188 cm³/mol. The van der Waals surface area contributed by atoms with Gasteiger partial charge < -0.3 is 14.2 Å². The summed E-state index contributed by atoms with van der Waals surface area (Å²) in [5, 5.41) is 14.9. The minimum atomic E-state index is 0.261. The van der Waals surface area contributed by atoms with Gasteiger partial charge in [-0.15, -0.1) is 0 Å². The van der Waals surface area contributed by atoms with E-state index >= 15 is 0 Å². The van der Waals surface area contributed by atoms with Crippen molar-refractivity contribution in [3.63, 3.8) is 0 Å². The van der Waals surface area contributed by atoms with Crippen molar-refractivity contribution in [2.45, 2.75) is 0 Å². The Hall–Kier alpha value is -6.06. The molecule has 2 heterocycles. The van der Waals surface area contributed by atoms with Crippen LogP contribution in [0.4, 0.5) is 0 Å². The van der Waals surface area contributed by atoms with Crippen LogP contribution in [0.25, 0.3) is 77.2 Å². The molecule has 0 aliphatic carbocycles. The largest absolute Gasteiger partial charge is 0.508 e. The highest BCUT2D eigenvalue weighted by molar-refractivity contribution is 6.23. The average Bonchev–Trinajstić information content (AvgIpc) is 3.62. The number of nitrogens with zero attached hydrogens (tertiary/aromatic N) is 2. The van der Waals surface area contributed by atoms with Gasteiger partial charge in [0.2, 0.25) is 0 Å². The first kappa shape index (κ1) is 25.4. The molecule has 45 heavy (non-hydrogen) atoms. The third-order valence-electron chi connectivity index (χ3n) is 8.97. The third-order valence-corrected chi connectivity index (χ3v) is 8.97. The molecule has 0 radical (unpaired) electrons. The Morgan fingerprint density at radius 2 is 0.800 bits per heavy atom. The summed E-state index contributed by atoms with van der Waals surface area (Å²) in [5.41, 5.74) is 11.4. The minimum absolute atomic E-state index is 0.261. The van der Waals surface area contributed by atoms with E-state index < -0.39 is 0 Å². The number of para-hydroxylation sites is 3. The molecule has 3 nitrogen and oxygen atoms in total. The molecule has 1 N–H and O–H groups in total. The van der Waals surface area contributed by atoms with Crippen molar-refractivity contribution < 1.29 is 5.11 Å². The van der Waals surface area contributed by atoms with E-state index in [0.717, 1.165) is 39.1 Å². The van der Waals surface area contributed by atoms with E-state index in [1.165, 1.54) is 38.1 Å². The monoisotopic (exact) mass is 576 g/mol. The normalized spacial score (nSPS) is 11.6. The fourth-order valence-electron chi connectivity index (χ4n) is 6.97. The van der Waals surface area contributed by atoms with Crippen molar-refractivity contribution in [2.75, 3.05) is 0 Å². The fraction of sp³-hybridized carbons (Fsp3) is 0. The van der Waals surface area contributed by atoms with Crippen molar-refractivity contribution in [3.05, 3.63) is 164 Å². The molecule has 9 rings (SSSR count). The standard InChI is InChI=1S/C42H28N2O/c45-34-21-19-29(20-22-34)31-25-30(28-11-3-1-4-12-28)26-33(27-31)44-40-18-10-8-16-36(40)38-24-23-37-35-15-7-9-17-39(35)43(41(37)42(38)44)32-13-5-2-6-14-32/h1-27,45H. The molecule has 0 fully saturated rings. The van der Waals surface area contributed by atoms with Gasteiger partial charge in [0.15, 0.2) is 0 Å². The highest BCUT2D eigenvalue weighted by Gasteiger charge is 2.21. The number of phenols is 1. The maximum atomic E-state index is 10.1. The van der Waals surface area contributed by atoms with Crippen molar-refractivity contribution in [1.29, 1.82) is 0 Å². The Morgan fingerprint density at radius 1 is 0.333 bits per heavy atom. The molecule has 0 aliphatic rings. The van der Waals surface area contributed by atoms with Crippen LogP contribution in [0.3, 0.4) is 0 Å². The molecule has 0 saturated carbocycles. The van der Waals surface area contributed by atoms with Crippen LogP contribution in [-0.2, 0) is 0 Å². The molecular weight excluding hydrogens is 548 g/mol. The molecule has 212 valence electrons.